The molecule has 2 aliphatic rings. The van der Waals surface area contributed by atoms with Gasteiger partial charge in [-0.3, -0.25) is 4.79 Å². The Morgan fingerprint density at radius 2 is 2.05 bits per heavy atom. The Labute approximate surface area is 211 Å². The van der Waals surface area contributed by atoms with Crippen molar-refractivity contribution in [3.05, 3.63) is 36.7 Å². The fourth-order valence-electron chi connectivity index (χ4n) is 4.87. The van der Waals surface area contributed by atoms with E-state index in [2.05, 4.69) is 32.4 Å². The van der Waals surface area contributed by atoms with Crippen molar-refractivity contribution in [2.45, 2.75) is 25.9 Å². The fraction of sp³-hybridized carbons (Fsp3) is 0.385. The number of aromatic nitrogens is 3. The van der Waals surface area contributed by atoms with Crippen LogP contribution in [0.25, 0.3) is 33.3 Å². The molecule has 3 aromatic heterocycles. The summed E-state index contributed by atoms with van der Waals surface area (Å²) in [5.41, 5.74) is 3.03. The minimum absolute atomic E-state index is 0.157. The summed E-state index contributed by atoms with van der Waals surface area (Å²) in [6.07, 6.45) is 1.09. The number of halogens is 2. The van der Waals surface area contributed by atoms with Gasteiger partial charge in [0.15, 0.2) is 5.58 Å². The number of anilines is 3. The van der Waals surface area contributed by atoms with E-state index in [9.17, 15) is 13.6 Å². The van der Waals surface area contributed by atoms with Gasteiger partial charge in [-0.05, 0) is 37.6 Å². The zero-order valence-electron chi connectivity index (χ0n) is 20.4. The van der Waals surface area contributed by atoms with Gasteiger partial charge in [-0.2, -0.15) is 0 Å². The lowest BCUT2D eigenvalue weighted by Crippen LogP contribution is -2.41. The molecule has 0 bridgehead atoms. The summed E-state index contributed by atoms with van der Waals surface area (Å²) in [4.78, 5) is 28.3. The van der Waals surface area contributed by atoms with E-state index in [0.717, 1.165) is 18.8 Å². The summed E-state index contributed by atoms with van der Waals surface area (Å²) < 4.78 is 37.6. The highest BCUT2D eigenvalue weighted by atomic mass is 19.3. The molecule has 6 rings (SSSR count). The van der Waals surface area contributed by atoms with E-state index in [1.165, 1.54) is 0 Å². The second-order valence-electron chi connectivity index (χ2n) is 9.51. The maximum atomic E-state index is 12.9. The van der Waals surface area contributed by atoms with Crippen LogP contribution >= 0.6 is 0 Å². The molecule has 11 heteroatoms. The van der Waals surface area contributed by atoms with Crippen LogP contribution in [0.3, 0.4) is 0 Å². The lowest BCUT2D eigenvalue weighted by molar-refractivity contribution is -0.118. The van der Waals surface area contributed by atoms with Crippen molar-refractivity contribution in [2.75, 3.05) is 42.3 Å². The Morgan fingerprint density at radius 1 is 1.19 bits per heavy atom. The van der Waals surface area contributed by atoms with Crippen LogP contribution in [0.15, 0.2) is 41.1 Å². The summed E-state index contributed by atoms with van der Waals surface area (Å²) in [6, 6.07) is 7.61. The molecule has 0 spiro atoms. The van der Waals surface area contributed by atoms with Gasteiger partial charge in [0.25, 0.3) is 0 Å². The summed E-state index contributed by atoms with van der Waals surface area (Å²) in [5, 5.41) is 7.14. The monoisotopic (exact) mass is 508 g/mol. The number of oxazole rings is 1. The molecule has 1 amide bonds. The number of ether oxygens (including phenoxy) is 1. The van der Waals surface area contributed by atoms with Crippen LogP contribution < -0.4 is 15.5 Å². The molecular formula is C26H26F2N6O3. The lowest BCUT2D eigenvalue weighted by Gasteiger charge is -2.32. The van der Waals surface area contributed by atoms with E-state index in [1.54, 1.807) is 25.5 Å². The number of amides is 1. The van der Waals surface area contributed by atoms with E-state index >= 15 is 0 Å². The first-order valence-corrected chi connectivity index (χ1v) is 12.2. The maximum absolute atomic E-state index is 12.9. The van der Waals surface area contributed by atoms with E-state index in [0.29, 0.717) is 45.8 Å². The number of carbonyl (C=O) groups is 1. The number of alkyl halides is 2. The lowest BCUT2D eigenvalue weighted by atomic mass is 10.1. The predicted molar refractivity (Wildman–Crippen MR) is 136 cm³/mol. The van der Waals surface area contributed by atoms with Gasteiger partial charge in [0.2, 0.25) is 18.2 Å². The van der Waals surface area contributed by atoms with Gasteiger partial charge >= 0.3 is 0 Å². The molecule has 9 nitrogen and oxygen atoms in total. The van der Waals surface area contributed by atoms with Crippen molar-refractivity contribution in [3.63, 3.8) is 0 Å². The molecule has 1 saturated heterocycles. The number of hydrogen-bond acceptors (Lipinski definition) is 8. The first-order chi connectivity index (χ1) is 17.9. The summed E-state index contributed by atoms with van der Waals surface area (Å²) in [7, 11) is 1.75. The van der Waals surface area contributed by atoms with Crippen LogP contribution in [-0.2, 0) is 9.53 Å². The number of benzene rings is 1. The standard InChI is InChI=1S/C26H26F2N6O3/c1-13-12-34(5-6-36-13)14-3-4-21-20(7-14)32-26(37-21)19-11-31-24(29-2)18-10-30-22(9-15(18)19)33-25(35)17-8-16(17)23(27)28/h3-4,7,9-11,13,16-17,23H,5-6,8,12H2,1-2H3,(H,29,31)(H,30,33,35)/t13?,16-,17+/m0/s1. The number of hydrogen-bond donors (Lipinski definition) is 2. The Hall–Kier alpha value is -3.86. The molecule has 37 heavy (non-hydrogen) atoms. The van der Waals surface area contributed by atoms with Crippen molar-refractivity contribution in [2.24, 2.45) is 11.8 Å². The van der Waals surface area contributed by atoms with Crippen LogP contribution in [0.4, 0.5) is 26.1 Å². The van der Waals surface area contributed by atoms with Gasteiger partial charge < -0.3 is 24.7 Å². The minimum Gasteiger partial charge on any atom is -0.436 e. The molecule has 1 unspecified atom stereocenters. The number of nitrogens with zero attached hydrogens (tertiary/aromatic N) is 4. The molecule has 192 valence electrons. The van der Waals surface area contributed by atoms with Crippen molar-refractivity contribution < 1.29 is 22.7 Å². The first-order valence-electron chi connectivity index (χ1n) is 12.2. The number of rotatable bonds is 6. The molecule has 1 saturated carbocycles. The molecular weight excluding hydrogens is 482 g/mol. The normalized spacial score (nSPS) is 21.5. The van der Waals surface area contributed by atoms with Crippen molar-refractivity contribution in [3.8, 4) is 11.5 Å². The third-order valence-electron chi connectivity index (χ3n) is 6.97. The molecule has 4 aromatic rings. The average Bonchev–Trinajstić information content (AvgIpc) is 3.60. The van der Waals surface area contributed by atoms with Gasteiger partial charge in [0, 0.05) is 60.8 Å². The molecule has 1 aliphatic heterocycles. The topological polar surface area (TPSA) is 105 Å². The van der Waals surface area contributed by atoms with Gasteiger partial charge in [0.1, 0.15) is 17.2 Å². The fourth-order valence-corrected chi connectivity index (χ4v) is 4.87. The Morgan fingerprint density at radius 3 is 2.81 bits per heavy atom. The van der Waals surface area contributed by atoms with Crippen molar-refractivity contribution >= 4 is 45.1 Å². The second-order valence-corrected chi connectivity index (χ2v) is 9.51. The smallest absolute Gasteiger partial charge is 0.242 e. The quantitative estimate of drug-likeness (QED) is 0.391. The number of fused-ring (bicyclic) bond motifs is 2. The van der Waals surface area contributed by atoms with Gasteiger partial charge in [-0.15, -0.1) is 0 Å². The van der Waals surface area contributed by atoms with Crippen LogP contribution in [0.2, 0.25) is 0 Å². The van der Waals surface area contributed by atoms with E-state index in [-0.39, 0.29) is 18.3 Å². The molecule has 3 atom stereocenters. The summed E-state index contributed by atoms with van der Waals surface area (Å²) in [6.45, 7) is 4.34. The maximum Gasteiger partial charge on any atom is 0.242 e. The Balaban J connectivity index is 1.35. The molecule has 4 heterocycles. The second kappa shape index (κ2) is 9.22. The third kappa shape index (κ3) is 4.43. The van der Waals surface area contributed by atoms with Crippen LogP contribution in [0.1, 0.15) is 13.3 Å². The number of morpholine rings is 1. The molecule has 2 N–H and O–H groups in total. The van der Waals surface area contributed by atoms with E-state index in [4.69, 9.17) is 14.1 Å². The van der Waals surface area contributed by atoms with Crippen molar-refractivity contribution in [1.29, 1.82) is 0 Å². The number of pyridine rings is 2. The first kappa shape index (κ1) is 23.5. The molecule has 0 radical (unpaired) electrons. The zero-order valence-corrected chi connectivity index (χ0v) is 20.4. The highest BCUT2D eigenvalue weighted by molar-refractivity contribution is 6.03. The van der Waals surface area contributed by atoms with Gasteiger partial charge in [-0.1, -0.05) is 0 Å². The SMILES string of the molecule is CNc1ncc(-c2nc3cc(N4CCOC(C)C4)ccc3o2)c2cc(NC(=O)[C@@H]3C[C@@H]3C(F)F)ncc12. The van der Waals surface area contributed by atoms with E-state index in [1.807, 2.05) is 18.2 Å². The summed E-state index contributed by atoms with van der Waals surface area (Å²) >= 11 is 0. The number of carbonyl (C=O) groups excluding carboxylic acids is 1. The largest absolute Gasteiger partial charge is 0.436 e. The molecule has 1 aliphatic carbocycles. The highest BCUT2D eigenvalue weighted by Gasteiger charge is 2.49. The van der Waals surface area contributed by atoms with Gasteiger partial charge in [-0.25, -0.2) is 23.7 Å². The average molecular weight is 509 g/mol. The van der Waals surface area contributed by atoms with Crippen LogP contribution in [0, 0.1) is 11.8 Å². The molecule has 2 fully saturated rings. The van der Waals surface area contributed by atoms with Crippen molar-refractivity contribution in [1.82, 2.24) is 15.0 Å². The Kier molecular flexibility index (Phi) is 5.86. The van der Waals surface area contributed by atoms with E-state index < -0.39 is 24.2 Å². The van der Waals surface area contributed by atoms with Crippen LogP contribution in [0.5, 0.6) is 0 Å². The third-order valence-corrected chi connectivity index (χ3v) is 6.97. The predicted octanol–water partition coefficient (Wildman–Crippen LogP) is 4.54. The number of nitrogens with one attached hydrogen (secondary N) is 2. The summed E-state index contributed by atoms with van der Waals surface area (Å²) in [5.74, 6) is -0.778. The Bertz CT molecular complexity index is 1490. The van der Waals surface area contributed by atoms with Crippen LogP contribution in [-0.4, -0.2) is 60.1 Å². The molecule has 1 aromatic carbocycles. The van der Waals surface area contributed by atoms with Gasteiger partial charge in [0.05, 0.1) is 18.3 Å². The zero-order chi connectivity index (χ0) is 25.7. The highest BCUT2D eigenvalue weighted by Crippen LogP contribution is 2.44. The minimum atomic E-state index is -2.50.